The number of anilines is 4. The van der Waals surface area contributed by atoms with Crippen molar-refractivity contribution in [1.82, 2.24) is 20.4 Å². The topological polar surface area (TPSA) is 118 Å². The molecule has 0 bridgehead atoms. The standard InChI is InChI=1S/C17H16ClN7O/c1-10-12(18)5-2-6-13(10)23-15-14(19)16(22-9-21-15)24-25-17(26)11-4-3-7-20-8-11/h2-9H,19H2,1H3,(H,25,26)(H2,21,22,23,24). The molecule has 0 saturated heterocycles. The predicted molar refractivity (Wildman–Crippen MR) is 101 cm³/mol. The average Bonchev–Trinajstić information content (AvgIpc) is 2.66. The van der Waals surface area contributed by atoms with E-state index in [4.69, 9.17) is 17.3 Å². The van der Waals surface area contributed by atoms with Crippen LogP contribution in [0.2, 0.25) is 5.02 Å². The van der Waals surface area contributed by atoms with Crippen molar-refractivity contribution in [1.29, 1.82) is 0 Å². The van der Waals surface area contributed by atoms with Crippen LogP contribution in [-0.4, -0.2) is 20.9 Å². The molecule has 0 unspecified atom stereocenters. The fourth-order valence-electron chi connectivity index (χ4n) is 2.15. The van der Waals surface area contributed by atoms with Gasteiger partial charge in [-0.15, -0.1) is 0 Å². The minimum atomic E-state index is -0.365. The van der Waals surface area contributed by atoms with Gasteiger partial charge in [-0.25, -0.2) is 9.97 Å². The summed E-state index contributed by atoms with van der Waals surface area (Å²) in [6, 6.07) is 8.79. The van der Waals surface area contributed by atoms with Gasteiger partial charge in [0.25, 0.3) is 5.91 Å². The molecule has 3 rings (SSSR count). The maximum absolute atomic E-state index is 12.1. The van der Waals surface area contributed by atoms with Crippen molar-refractivity contribution >= 4 is 40.5 Å². The summed E-state index contributed by atoms with van der Waals surface area (Å²) >= 11 is 6.12. The first kappa shape index (κ1) is 17.4. The lowest BCUT2D eigenvalue weighted by Crippen LogP contribution is -2.30. The van der Waals surface area contributed by atoms with Gasteiger partial charge in [-0.2, -0.15) is 0 Å². The van der Waals surface area contributed by atoms with Crippen molar-refractivity contribution in [2.45, 2.75) is 6.92 Å². The van der Waals surface area contributed by atoms with Crippen LogP contribution in [0.4, 0.5) is 23.0 Å². The van der Waals surface area contributed by atoms with Crippen LogP contribution in [-0.2, 0) is 0 Å². The van der Waals surface area contributed by atoms with E-state index in [0.29, 0.717) is 16.4 Å². The number of carbonyl (C=O) groups is 1. The maximum Gasteiger partial charge on any atom is 0.271 e. The fourth-order valence-corrected chi connectivity index (χ4v) is 2.32. The maximum atomic E-state index is 12.1. The second-order valence-corrected chi connectivity index (χ2v) is 5.75. The zero-order valence-corrected chi connectivity index (χ0v) is 14.6. The van der Waals surface area contributed by atoms with Crippen LogP contribution < -0.4 is 21.9 Å². The number of aromatic nitrogens is 3. The molecule has 26 heavy (non-hydrogen) atoms. The monoisotopic (exact) mass is 369 g/mol. The van der Waals surface area contributed by atoms with Crippen LogP contribution in [0.1, 0.15) is 15.9 Å². The summed E-state index contributed by atoms with van der Waals surface area (Å²) in [5, 5.41) is 3.75. The van der Waals surface area contributed by atoms with Crippen LogP contribution in [0, 0.1) is 6.92 Å². The number of halogens is 1. The van der Waals surface area contributed by atoms with E-state index in [1.165, 1.54) is 12.5 Å². The summed E-state index contributed by atoms with van der Waals surface area (Å²) in [4.78, 5) is 24.1. The molecule has 0 aliphatic rings. The Morgan fingerprint density at radius 1 is 1.15 bits per heavy atom. The molecular weight excluding hydrogens is 354 g/mol. The molecular formula is C17H16ClN7O. The molecule has 2 heterocycles. The molecule has 1 aromatic carbocycles. The van der Waals surface area contributed by atoms with Gasteiger partial charge in [-0.3, -0.25) is 20.6 Å². The Hall–Kier alpha value is -3.39. The number of nitrogen functional groups attached to an aromatic ring is 1. The Kier molecular flexibility index (Phi) is 5.14. The molecule has 0 saturated carbocycles. The van der Waals surface area contributed by atoms with Crippen molar-refractivity contribution in [3.8, 4) is 0 Å². The van der Waals surface area contributed by atoms with Gasteiger partial charge in [0.05, 0.1) is 5.56 Å². The second-order valence-electron chi connectivity index (χ2n) is 5.34. The third-order valence-corrected chi connectivity index (χ3v) is 4.03. The number of hydrogen-bond donors (Lipinski definition) is 4. The summed E-state index contributed by atoms with van der Waals surface area (Å²) in [6.45, 7) is 1.88. The van der Waals surface area contributed by atoms with E-state index < -0.39 is 0 Å². The highest BCUT2D eigenvalue weighted by molar-refractivity contribution is 6.31. The van der Waals surface area contributed by atoms with Crippen LogP contribution in [0.3, 0.4) is 0 Å². The van der Waals surface area contributed by atoms with E-state index in [1.54, 1.807) is 24.4 Å². The van der Waals surface area contributed by atoms with Gasteiger partial charge in [-0.05, 0) is 36.8 Å². The molecule has 132 valence electrons. The SMILES string of the molecule is Cc1c(Cl)cccc1Nc1ncnc(NNC(=O)c2cccnc2)c1N. The Morgan fingerprint density at radius 2 is 1.96 bits per heavy atom. The first-order valence-corrected chi connectivity index (χ1v) is 8.03. The Morgan fingerprint density at radius 3 is 2.73 bits per heavy atom. The molecule has 1 amide bonds. The van der Waals surface area contributed by atoms with Gasteiger partial charge < -0.3 is 11.1 Å². The number of hydrazine groups is 1. The van der Waals surface area contributed by atoms with E-state index in [0.717, 1.165) is 11.3 Å². The molecule has 9 heteroatoms. The largest absolute Gasteiger partial charge is 0.393 e. The van der Waals surface area contributed by atoms with Gasteiger partial charge in [0.2, 0.25) is 0 Å². The van der Waals surface area contributed by atoms with Crippen molar-refractivity contribution < 1.29 is 4.79 Å². The number of hydrogen-bond acceptors (Lipinski definition) is 7. The summed E-state index contributed by atoms with van der Waals surface area (Å²) in [5.74, 6) is 0.291. The molecule has 8 nitrogen and oxygen atoms in total. The second kappa shape index (κ2) is 7.66. The van der Waals surface area contributed by atoms with Crippen molar-refractivity contribution in [3.63, 3.8) is 0 Å². The van der Waals surface area contributed by atoms with Crippen LogP contribution >= 0.6 is 11.6 Å². The lowest BCUT2D eigenvalue weighted by molar-refractivity contribution is 0.0962. The number of pyridine rings is 1. The first-order chi connectivity index (χ1) is 12.6. The van der Waals surface area contributed by atoms with Gasteiger partial charge >= 0.3 is 0 Å². The molecule has 5 N–H and O–H groups in total. The summed E-state index contributed by atoms with van der Waals surface area (Å²) < 4.78 is 0. The van der Waals surface area contributed by atoms with Crippen molar-refractivity contribution in [2.75, 3.05) is 16.5 Å². The molecule has 2 aromatic heterocycles. The third kappa shape index (κ3) is 3.81. The number of benzene rings is 1. The number of nitrogens with one attached hydrogen (secondary N) is 3. The quantitative estimate of drug-likeness (QED) is 0.510. The fraction of sp³-hybridized carbons (Fsp3) is 0.0588. The van der Waals surface area contributed by atoms with Gasteiger partial charge in [0.15, 0.2) is 11.6 Å². The highest BCUT2D eigenvalue weighted by atomic mass is 35.5. The Balaban J connectivity index is 1.75. The lowest BCUT2D eigenvalue weighted by Gasteiger charge is -2.14. The van der Waals surface area contributed by atoms with E-state index in [1.807, 2.05) is 19.1 Å². The van der Waals surface area contributed by atoms with Crippen LogP contribution in [0.25, 0.3) is 0 Å². The summed E-state index contributed by atoms with van der Waals surface area (Å²) in [5.41, 5.74) is 13.6. The first-order valence-electron chi connectivity index (χ1n) is 7.65. The Bertz CT molecular complexity index is 934. The van der Waals surface area contributed by atoms with Crippen molar-refractivity contribution in [3.05, 3.63) is 65.2 Å². The molecule has 0 atom stereocenters. The molecule has 0 spiro atoms. The van der Waals surface area contributed by atoms with E-state index >= 15 is 0 Å². The third-order valence-electron chi connectivity index (χ3n) is 3.62. The summed E-state index contributed by atoms with van der Waals surface area (Å²) in [6.07, 6.45) is 4.37. The average molecular weight is 370 g/mol. The minimum absolute atomic E-state index is 0.248. The van der Waals surface area contributed by atoms with Gasteiger partial charge in [0.1, 0.15) is 12.0 Å². The molecule has 0 fully saturated rings. The number of carbonyl (C=O) groups excluding carboxylic acids is 1. The molecule has 0 aliphatic carbocycles. The highest BCUT2D eigenvalue weighted by Gasteiger charge is 2.12. The lowest BCUT2D eigenvalue weighted by atomic mass is 10.2. The van der Waals surface area contributed by atoms with Crippen LogP contribution in [0.15, 0.2) is 49.1 Å². The Labute approximate surface area is 154 Å². The zero-order chi connectivity index (χ0) is 18.5. The molecule has 0 aliphatic heterocycles. The van der Waals surface area contributed by atoms with Crippen LogP contribution in [0.5, 0.6) is 0 Å². The smallest absolute Gasteiger partial charge is 0.271 e. The van der Waals surface area contributed by atoms with Crippen molar-refractivity contribution in [2.24, 2.45) is 0 Å². The normalized spacial score (nSPS) is 10.2. The molecule has 0 radical (unpaired) electrons. The minimum Gasteiger partial charge on any atom is -0.393 e. The molecule has 3 aromatic rings. The zero-order valence-electron chi connectivity index (χ0n) is 13.8. The summed E-state index contributed by atoms with van der Waals surface area (Å²) in [7, 11) is 0. The van der Waals surface area contributed by atoms with E-state index in [-0.39, 0.29) is 17.4 Å². The van der Waals surface area contributed by atoms with Gasteiger partial charge in [0, 0.05) is 23.1 Å². The van der Waals surface area contributed by atoms with E-state index in [2.05, 4.69) is 31.1 Å². The number of rotatable bonds is 5. The number of nitrogens with zero attached hydrogens (tertiary/aromatic N) is 3. The number of amides is 1. The predicted octanol–water partition coefficient (Wildman–Crippen LogP) is 2.92. The van der Waals surface area contributed by atoms with Gasteiger partial charge in [-0.1, -0.05) is 17.7 Å². The highest BCUT2D eigenvalue weighted by Crippen LogP contribution is 2.29. The van der Waals surface area contributed by atoms with E-state index in [9.17, 15) is 4.79 Å². The number of nitrogens with two attached hydrogens (primary N) is 1.